The SMILES string of the molecule is CC1(C)CNC(=O)c2ccc(cc2)Nc2nc(nc(OCc3cccnc3)n2)NCc2ccc(c(Cl)c2)OCCCN(C(=O)OCc2cccnc2)C1. The number of anilines is 3. The molecule has 0 spiro atoms. The standard InChI is InChI=1S/C38H40ClN9O5/c1-38(2)24-43-33(49)29-9-11-30(12-10-29)44-35-45-34(46-36(47-35)52-22-27-6-3-14-40-19-27)42-21-26-8-13-32(31(39)18-26)51-17-5-16-48(25-38)37(50)53-23-28-7-4-15-41-20-28/h3-4,6-15,18-20H,5,16-17,21-25H2,1-2H3,(H,43,49)(H2,42,44,45,46,47). The Morgan fingerprint density at radius 3 is 2.38 bits per heavy atom. The van der Waals surface area contributed by atoms with Crippen molar-refractivity contribution in [2.45, 2.75) is 40.0 Å². The molecule has 0 fully saturated rings. The van der Waals surface area contributed by atoms with Gasteiger partial charge in [0.1, 0.15) is 19.0 Å². The number of halogens is 1. The Morgan fingerprint density at radius 1 is 0.925 bits per heavy atom. The molecule has 7 heterocycles. The highest BCUT2D eigenvalue weighted by molar-refractivity contribution is 6.32. The van der Waals surface area contributed by atoms with E-state index >= 15 is 0 Å². The molecule has 0 atom stereocenters. The number of aromatic nitrogens is 5. The number of ether oxygens (including phenoxy) is 3. The second-order valence-corrected chi connectivity index (χ2v) is 13.5. The van der Waals surface area contributed by atoms with Crippen LogP contribution < -0.4 is 25.4 Å². The molecule has 5 aromatic rings. The molecule has 274 valence electrons. The van der Waals surface area contributed by atoms with Crippen molar-refractivity contribution >= 4 is 41.2 Å². The van der Waals surface area contributed by atoms with Gasteiger partial charge in [0.2, 0.25) is 11.9 Å². The molecule has 9 rings (SSSR count). The number of carbonyl (C=O) groups is 2. The summed E-state index contributed by atoms with van der Waals surface area (Å²) < 4.78 is 17.6. The van der Waals surface area contributed by atoms with Crippen LogP contribution in [-0.4, -0.2) is 68.1 Å². The van der Waals surface area contributed by atoms with Crippen molar-refractivity contribution in [2.75, 3.05) is 36.9 Å². The second kappa shape index (κ2) is 17.5. The van der Waals surface area contributed by atoms with Gasteiger partial charge in [0, 0.05) is 73.3 Å². The predicted molar refractivity (Wildman–Crippen MR) is 199 cm³/mol. The summed E-state index contributed by atoms with van der Waals surface area (Å²) in [5.74, 6) is 0.777. The van der Waals surface area contributed by atoms with E-state index in [1.807, 2.05) is 44.2 Å². The Balaban J connectivity index is 1.21. The Kier molecular flexibility index (Phi) is 12.1. The fourth-order valence-electron chi connectivity index (χ4n) is 5.36. The third kappa shape index (κ3) is 11.0. The van der Waals surface area contributed by atoms with Gasteiger partial charge in [-0.2, -0.15) is 15.0 Å². The molecule has 0 saturated carbocycles. The first-order valence-electron chi connectivity index (χ1n) is 17.1. The number of amides is 2. The predicted octanol–water partition coefficient (Wildman–Crippen LogP) is 6.43. The normalized spacial score (nSPS) is 14.8. The minimum Gasteiger partial charge on any atom is -0.492 e. The molecule has 14 nitrogen and oxygen atoms in total. The molecule has 0 aliphatic carbocycles. The van der Waals surface area contributed by atoms with E-state index < -0.39 is 11.5 Å². The van der Waals surface area contributed by atoms with Gasteiger partial charge >= 0.3 is 12.1 Å². The molecule has 4 aliphatic rings. The Hall–Kier alpha value is -6.02. The maximum atomic E-state index is 13.3. The number of hydrogen-bond donors (Lipinski definition) is 3. The number of hydrogen-bond acceptors (Lipinski definition) is 12. The van der Waals surface area contributed by atoms with Gasteiger partial charge in [0.15, 0.2) is 0 Å². The molecule has 0 unspecified atom stereocenters. The van der Waals surface area contributed by atoms with Gasteiger partial charge in [-0.3, -0.25) is 14.8 Å². The van der Waals surface area contributed by atoms with Crippen LogP contribution in [0.1, 0.15) is 47.3 Å². The zero-order chi connectivity index (χ0) is 37.0. The Bertz CT molecular complexity index is 1990. The van der Waals surface area contributed by atoms with Gasteiger partial charge in [-0.25, -0.2) is 4.79 Å². The average molecular weight is 738 g/mol. The van der Waals surface area contributed by atoms with Crippen LogP contribution in [0, 0.1) is 5.41 Å². The summed E-state index contributed by atoms with van der Waals surface area (Å²) in [6, 6.07) is 19.9. The van der Waals surface area contributed by atoms with E-state index in [-0.39, 0.29) is 37.0 Å². The molecule has 2 amide bonds. The summed E-state index contributed by atoms with van der Waals surface area (Å²) in [6.45, 7) is 5.91. The lowest BCUT2D eigenvalue weighted by Gasteiger charge is -2.32. The monoisotopic (exact) mass is 737 g/mol. The van der Waals surface area contributed by atoms with Gasteiger partial charge in [0.25, 0.3) is 5.91 Å². The summed E-state index contributed by atoms with van der Waals surface area (Å²) in [5.41, 5.74) is 3.11. The van der Waals surface area contributed by atoms with Crippen LogP contribution in [0.4, 0.5) is 22.4 Å². The lowest BCUT2D eigenvalue weighted by Crippen LogP contribution is -2.45. The number of rotatable bonds is 5. The van der Waals surface area contributed by atoms with Crippen molar-refractivity contribution in [1.82, 2.24) is 35.1 Å². The highest BCUT2D eigenvalue weighted by atomic mass is 35.5. The Labute approximate surface area is 312 Å². The van der Waals surface area contributed by atoms with Crippen molar-refractivity contribution in [2.24, 2.45) is 5.41 Å². The third-order valence-electron chi connectivity index (χ3n) is 8.08. The van der Waals surface area contributed by atoms with Crippen LogP contribution in [0.2, 0.25) is 5.02 Å². The van der Waals surface area contributed by atoms with Crippen molar-refractivity contribution in [1.29, 1.82) is 0 Å². The maximum absolute atomic E-state index is 13.3. The van der Waals surface area contributed by atoms with E-state index in [4.69, 9.17) is 25.8 Å². The molecule has 53 heavy (non-hydrogen) atoms. The summed E-state index contributed by atoms with van der Waals surface area (Å²) in [6.07, 6.45) is 6.76. The molecule has 3 aromatic heterocycles. The highest BCUT2D eigenvalue weighted by Crippen LogP contribution is 2.27. The van der Waals surface area contributed by atoms with Gasteiger partial charge in [-0.05, 0) is 65.9 Å². The Morgan fingerprint density at radius 2 is 1.66 bits per heavy atom. The van der Waals surface area contributed by atoms with Crippen molar-refractivity contribution in [3.8, 4) is 11.8 Å². The van der Waals surface area contributed by atoms with Crippen LogP contribution in [0.15, 0.2) is 91.5 Å². The number of carbonyl (C=O) groups excluding carboxylic acids is 2. The first kappa shape index (κ1) is 36.8. The molecule has 3 N–H and O–H groups in total. The van der Waals surface area contributed by atoms with Crippen molar-refractivity contribution < 1.29 is 23.8 Å². The van der Waals surface area contributed by atoms with E-state index in [1.165, 1.54) is 0 Å². The van der Waals surface area contributed by atoms with Gasteiger partial charge in [-0.15, -0.1) is 0 Å². The second-order valence-electron chi connectivity index (χ2n) is 13.1. The minimum atomic E-state index is -0.501. The van der Waals surface area contributed by atoms with Crippen molar-refractivity contribution in [3.63, 3.8) is 0 Å². The molecular formula is C38H40ClN9O5. The molecule has 15 heteroatoms. The minimum absolute atomic E-state index is 0.0899. The molecule has 0 radical (unpaired) electrons. The zero-order valence-corrected chi connectivity index (χ0v) is 30.2. The van der Waals surface area contributed by atoms with E-state index in [1.54, 1.807) is 66.1 Å². The van der Waals surface area contributed by atoms with Crippen LogP contribution in [-0.2, 0) is 24.5 Å². The number of benzene rings is 2. The number of nitrogens with one attached hydrogen (secondary N) is 3. The number of nitrogens with zero attached hydrogens (tertiary/aromatic N) is 6. The van der Waals surface area contributed by atoms with E-state index in [0.717, 1.165) is 16.7 Å². The smallest absolute Gasteiger partial charge is 0.410 e. The third-order valence-corrected chi connectivity index (χ3v) is 8.37. The number of pyridine rings is 2. The van der Waals surface area contributed by atoms with E-state index in [0.29, 0.717) is 61.2 Å². The van der Waals surface area contributed by atoms with Gasteiger partial charge < -0.3 is 35.1 Å². The summed E-state index contributed by atoms with van der Waals surface area (Å²) in [7, 11) is 0. The van der Waals surface area contributed by atoms with Crippen molar-refractivity contribution in [3.05, 3.63) is 119 Å². The molecule has 6 bridgehead atoms. The largest absolute Gasteiger partial charge is 0.492 e. The fourth-order valence-corrected chi connectivity index (χ4v) is 5.62. The first-order chi connectivity index (χ1) is 25.7. The van der Waals surface area contributed by atoms with Crippen LogP contribution in [0.5, 0.6) is 11.8 Å². The lowest BCUT2D eigenvalue weighted by atomic mass is 9.92. The average Bonchev–Trinajstić information content (AvgIpc) is 3.17. The highest BCUT2D eigenvalue weighted by Gasteiger charge is 2.27. The first-order valence-corrected chi connectivity index (χ1v) is 17.5. The fraction of sp³-hybridized carbons (Fsp3) is 0.289. The molecule has 4 aliphatic heterocycles. The van der Waals surface area contributed by atoms with E-state index in [2.05, 4.69) is 40.9 Å². The summed E-state index contributed by atoms with van der Waals surface area (Å²) in [4.78, 5) is 49.9. The van der Waals surface area contributed by atoms with E-state index in [9.17, 15) is 9.59 Å². The molecule has 2 aromatic carbocycles. The maximum Gasteiger partial charge on any atom is 0.410 e. The molecular weight excluding hydrogens is 698 g/mol. The summed E-state index contributed by atoms with van der Waals surface area (Å²) in [5, 5.41) is 9.85. The summed E-state index contributed by atoms with van der Waals surface area (Å²) >= 11 is 6.63. The lowest BCUT2D eigenvalue weighted by molar-refractivity contribution is 0.0766. The van der Waals surface area contributed by atoms with Gasteiger partial charge in [0.05, 0.1) is 11.6 Å². The van der Waals surface area contributed by atoms with Crippen LogP contribution >= 0.6 is 11.6 Å². The van der Waals surface area contributed by atoms with Crippen LogP contribution in [0.25, 0.3) is 0 Å². The topological polar surface area (TPSA) is 166 Å². The van der Waals surface area contributed by atoms with Crippen LogP contribution in [0.3, 0.4) is 0 Å². The quantitative estimate of drug-likeness (QED) is 0.181. The molecule has 0 saturated heterocycles. The van der Waals surface area contributed by atoms with Gasteiger partial charge in [-0.1, -0.05) is 43.6 Å². The zero-order valence-electron chi connectivity index (χ0n) is 29.4.